The van der Waals surface area contributed by atoms with E-state index in [2.05, 4.69) is 9.88 Å². The first-order valence-electron chi connectivity index (χ1n) is 12.7. The van der Waals surface area contributed by atoms with E-state index >= 15 is 0 Å². The lowest BCUT2D eigenvalue weighted by Crippen LogP contribution is -2.52. The van der Waals surface area contributed by atoms with Crippen molar-refractivity contribution < 1.29 is 4.79 Å². The highest BCUT2D eigenvalue weighted by Crippen LogP contribution is 2.35. The van der Waals surface area contributed by atoms with Gasteiger partial charge in [-0.05, 0) is 50.1 Å². The van der Waals surface area contributed by atoms with Gasteiger partial charge in [-0.2, -0.15) is 0 Å². The van der Waals surface area contributed by atoms with Crippen LogP contribution in [0.5, 0.6) is 0 Å². The molecular formula is C26H37N5O3. The average molecular weight is 468 g/mol. The molecule has 2 aromatic rings. The van der Waals surface area contributed by atoms with Crippen molar-refractivity contribution in [2.45, 2.75) is 77.4 Å². The molecule has 1 aromatic carbocycles. The zero-order chi connectivity index (χ0) is 24.1. The highest BCUT2D eigenvalue weighted by atomic mass is 16.2. The number of amides is 1. The van der Waals surface area contributed by atoms with Crippen LogP contribution in [0.4, 0.5) is 11.5 Å². The van der Waals surface area contributed by atoms with E-state index in [4.69, 9.17) is 5.73 Å². The van der Waals surface area contributed by atoms with Gasteiger partial charge in [-0.15, -0.1) is 0 Å². The normalized spacial score (nSPS) is 20.6. The van der Waals surface area contributed by atoms with E-state index in [1.165, 1.54) is 35.2 Å². The van der Waals surface area contributed by atoms with Crippen molar-refractivity contribution in [1.82, 2.24) is 14.5 Å². The topological polar surface area (TPSA) is 104 Å². The van der Waals surface area contributed by atoms with Gasteiger partial charge in [0.2, 0.25) is 5.91 Å². The van der Waals surface area contributed by atoms with E-state index in [1.54, 1.807) is 0 Å². The van der Waals surface area contributed by atoms with E-state index in [9.17, 15) is 14.4 Å². The van der Waals surface area contributed by atoms with Crippen LogP contribution in [0.15, 0.2) is 39.9 Å². The fourth-order valence-electron chi connectivity index (χ4n) is 5.62. The Kier molecular flexibility index (Phi) is 7.88. The maximum absolute atomic E-state index is 13.8. The second-order valence-electron chi connectivity index (χ2n) is 9.69. The highest BCUT2D eigenvalue weighted by molar-refractivity contribution is 5.96. The van der Waals surface area contributed by atoms with E-state index < -0.39 is 11.2 Å². The molecular weight excluding hydrogens is 430 g/mol. The largest absolute Gasteiger partial charge is 0.383 e. The number of nitrogen functional groups attached to an aromatic ring is 1. The monoisotopic (exact) mass is 467 g/mol. The average Bonchev–Trinajstić information content (AvgIpc) is 2.84. The number of H-pyrrole nitrogens is 1. The molecule has 2 aliphatic rings. The van der Waals surface area contributed by atoms with E-state index in [0.717, 1.165) is 37.8 Å². The fraction of sp³-hybridized carbons (Fsp3) is 0.577. The van der Waals surface area contributed by atoms with Crippen LogP contribution in [0.2, 0.25) is 0 Å². The summed E-state index contributed by atoms with van der Waals surface area (Å²) in [5.41, 5.74) is 6.21. The Hall–Kier alpha value is -2.87. The van der Waals surface area contributed by atoms with E-state index in [0.29, 0.717) is 18.5 Å². The zero-order valence-corrected chi connectivity index (χ0v) is 20.2. The molecule has 1 amide bonds. The first-order valence-corrected chi connectivity index (χ1v) is 12.7. The Morgan fingerprint density at radius 3 is 2.62 bits per heavy atom. The van der Waals surface area contributed by atoms with Crippen molar-refractivity contribution in [1.29, 1.82) is 0 Å². The molecule has 0 unspecified atom stereocenters. The van der Waals surface area contributed by atoms with Crippen LogP contribution in [0.25, 0.3) is 0 Å². The number of hydrogen-bond donors (Lipinski definition) is 2. The summed E-state index contributed by atoms with van der Waals surface area (Å²) in [7, 11) is 0. The number of nitrogens with zero attached hydrogens (tertiary/aromatic N) is 3. The molecule has 2 atom stereocenters. The number of rotatable bonds is 8. The van der Waals surface area contributed by atoms with Crippen LogP contribution in [0.1, 0.15) is 63.9 Å². The molecule has 1 aromatic heterocycles. The molecule has 1 aliphatic carbocycles. The van der Waals surface area contributed by atoms with Crippen LogP contribution >= 0.6 is 0 Å². The summed E-state index contributed by atoms with van der Waals surface area (Å²) in [6, 6.07) is 10.0. The predicted octanol–water partition coefficient (Wildman–Crippen LogP) is 3.11. The molecule has 8 heteroatoms. The Bertz CT molecular complexity index is 1090. The van der Waals surface area contributed by atoms with Crippen molar-refractivity contribution >= 4 is 17.4 Å². The smallest absolute Gasteiger partial charge is 0.330 e. The third kappa shape index (κ3) is 5.27. The first-order chi connectivity index (χ1) is 16.5. The summed E-state index contributed by atoms with van der Waals surface area (Å²) in [6.45, 7) is 3.79. The number of aromatic amines is 1. The molecule has 184 valence electrons. The van der Waals surface area contributed by atoms with Gasteiger partial charge in [0.1, 0.15) is 5.82 Å². The minimum absolute atomic E-state index is 0.0562. The Labute approximate surface area is 200 Å². The molecule has 34 heavy (non-hydrogen) atoms. The second-order valence-corrected chi connectivity index (χ2v) is 9.69. The number of benzene rings is 1. The third-order valence-electron chi connectivity index (χ3n) is 7.40. The highest BCUT2D eigenvalue weighted by Gasteiger charge is 2.35. The van der Waals surface area contributed by atoms with E-state index in [1.807, 2.05) is 37.3 Å². The summed E-state index contributed by atoms with van der Waals surface area (Å²) in [4.78, 5) is 45.4. The summed E-state index contributed by atoms with van der Waals surface area (Å²) < 4.78 is 1.38. The second kappa shape index (κ2) is 11.0. The van der Waals surface area contributed by atoms with Gasteiger partial charge in [-0.25, -0.2) is 4.79 Å². The summed E-state index contributed by atoms with van der Waals surface area (Å²) >= 11 is 0. The van der Waals surface area contributed by atoms with Crippen molar-refractivity contribution in [3.05, 3.63) is 56.7 Å². The van der Waals surface area contributed by atoms with Gasteiger partial charge < -0.3 is 5.73 Å². The molecule has 1 saturated heterocycles. The minimum Gasteiger partial charge on any atom is -0.383 e. The van der Waals surface area contributed by atoms with Gasteiger partial charge >= 0.3 is 5.69 Å². The minimum atomic E-state index is -0.617. The van der Waals surface area contributed by atoms with Crippen LogP contribution in [0, 0.1) is 5.92 Å². The number of fused-ring (bicyclic) bond motifs is 1. The van der Waals surface area contributed by atoms with Crippen molar-refractivity contribution in [2.24, 2.45) is 5.92 Å². The van der Waals surface area contributed by atoms with E-state index in [-0.39, 0.29) is 30.5 Å². The molecule has 0 spiro atoms. The zero-order valence-electron chi connectivity index (χ0n) is 20.2. The Balaban J connectivity index is 1.68. The van der Waals surface area contributed by atoms with Crippen molar-refractivity contribution in [2.75, 3.05) is 23.7 Å². The summed E-state index contributed by atoms with van der Waals surface area (Å²) in [6.07, 6.45) is 8.79. The van der Waals surface area contributed by atoms with Gasteiger partial charge in [0.25, 0.3) is 5.56 Å². The molecule has 8 nitrogen and oxygen atoms in total. The molecule has 3 N–H and O–H groups in total. The summed E-state index contributed by atoms with van der Waals surface area (Å²) in [5.74, 6) is 0.552. The van der Waals surface area contributed by atoms with Crippen LogP contribution in [-0.4, -0.2) is 39.5 Å². The number of anilines is 2. The van der Waals surface area contributed by atoms with Crippen LogP contribution in [-0.2, 0) is 17.9 Å². The Morgan fingerprint density at radius 2 is 1.85 bits per heavy atom. The predicted molar refractivity (Wildman–Crippen MR) is 135 cm³/mol. The number of unbranched alkanes of at least 4 members (excludes halogenated alkanes) is 1. The fourth-order valence-corrected chi connectivity index (χ4v) is 5.62. The third-order valence-corrected chi connectivity index (χ3v) is 7.40. The first kappa shape index (κ1) is 24.3. The number of nitrogens with one attached hydrogen (secondary N) is 1. The molecule has 0 radical (unpaired) electrons. The molecule has 4 rings (SSSR count). The maximum Gasteiger partial charge on any atom is 0.330 e. The Morgan fingerprint density at radius 1 is 1.12 bits per heavy atom. The molecule has 1 aliphatic heterocycles. The molecule has 2 fully saturated rings. The lowest BCUT2D eigenvalue weighted by Gasteiger charge is -2.44. The number of carbonyl (C=O) groups excluding carboxylic acids is 1. The van der Waals surface area contributed by atoms with Gasteiger partial charge in [-0.3, -0.25) is 28.9 Å². The number of likely N-dealkylation sites (tertiary alicyclic amines) is 1. The molecule has 2 heterocycles. The molecule has 1 saturated carbocycles. The quantitative estimate of drug-likeness (QED) is 0.621. The number of aromatic nitrogens is 2. The lowest BCUT2D eigenvalue weighted by molar-refractivity contribution is -0.121. The van der Waals surface area contributed by atoms with Crippen LogP contribution in [0.3, 0.4) is 0 Å². The number of nitrogens with two attached hydrogens (primary N) is 1. The molecule has 0 bridgehead atoms. The van der Waals surface area contributed by atoms with Gasteiger partial charge in [0.15, 0.2) is 5.69 Å². The standard InChI is InChI=1S/C26H37N5O3/c1-2-3-16-30-24(27)23(25(33)28-26(30)34)31(17-19-10-5-4-6-11-19)22(32)18-29-15-9-13-20-12-7-8-14-21(20)29/h4-6,10-11,20-21H,2-3,7-9,12-18,27H2,1H3,(H,28,33,34)/t20-,21+/m0/s1. The summed E-state index contributed by atoms with van der Waals surface area (Å²) in [5, 5.41) is 0. The lowest BCUT2D eigenvalue weighted by atomic mass is 9.78. The van der Waals surface area contributed by atoms with Crippen LogP contribution < -0.4 is 21.9 Å². The van der Waals surface area contributed by atoms with Gasteiger partial charge in [-0.1, -0.05) is 56.5 Å². The SMILES string of the molecule is CCCCn1c(N)c(N(Cc2ccccc2)C(=O)CN2CCC[C@@H]3CCCC[C@H]32)c(=O)[nH]c1=O. The number of carbonyl (C=O) groups is 1. The van der Waals surface area contributed by atoms with Gasteiger partial charge in [0.05, 0.1) is 13.1 Å². The number of hydrogen-bond acceptors (Lipinski definition) is 5. The maximum atomic E-state index is 13.8. The van der Waals surface area contributed by atoms with Gasteiger partial charge in [0, 0.05) is 12.6 Å². The number of piperidine rings is 1. The van der Waals surface area contributed by atoms with Crippen molar-refractivity contribution in [3.8, 4) is 0 Å². The van der Waals surface area contributed by atoms with Crippen molar-refractivity contribution in [3.63, 3.8) is 0 Å².